The minimum atomic E-state index is -0.219. The number of likely N-dealkylation sites (tertiary alicyclic amines) is 1. The van der Waals surface area contributed by atoms with Gasteiger partial charge in [-0.05, 0) is 73.0 Å². The molecule has 0 atom stereocenters. The summed E-state index contributed by atoms with van der Waals surface area (Å²) < 4.78 is 24.8. The van der Waals surface area contributed by atoms with Crippen LogP contribution in [-0.4, -0.2) is 38.3 Å². The van der Waals surface area contributed by atoms with Crippen molar-refractivity contribution in [2.75, 3.05) is 33.4 Å². The van der Waals surface area contributed by atoms with Crippen molar-refractivity contribution in [3.05, 3.63) is 65.0 Å². The van der Waals surface area contributed by atoms with Gasteiger partial charge in [0, 0.05) is 12.1 Å². The number of fused-ring (bicyclic) bond motifs is 1. The molecular weight excluding hydrogens is 353 g/mol. The minimum absolute atomic E-state index is 0. The predicted molar refractivity (Wildman–Crippen MR) is 104 cm³/mol. The summed E-state index contributed by atoms with van der Waals surface area (Å²) in [6.07, 6.45) is 2.51. The highest BCUT2D eigenvalue weighted by Gasteiger charge is 2.24. The van der Waals surface area contributed by atoms with Gasteiger partial charge in [0.15, 0.2) is 0 Å². The summed E-state index contributed by atoms with van der Waals surface area (Å²) >= 11 is 0. The molecule has 5 heteroatoms. The van der Waals surface area contributed by atoms with E-state index in [9.17, 15) is 4.39 Å². The fourth-order valence-electron chi connectivity index (χ4n) is 3.70. The van der Waals surface area contributed by atoms with Crippen molar-refractivity contribution in [3.8, 4) is 11.5 Å². The van der Waals surface area contributed by atoms with Gasteiger partial charge in [0.2, 0.25) is 0 Å². The topological polar surface area (TPSA) is 21.7 Å². The van der Waals surface area contributed by atoms with Crippen LogP contribution in [0.4, 0.5) is 4.39 Å². The summed E-state index contributed by atoms with van der Waals surface area (Å²) in [5, 5.41) is 0. The maximum Gasteiger partial charge on any atom is 0.127 e. The van der Waals surface area contributed by atoms with Crippen LogP contribution in [0, 0.1) is 5.82 Å². The molecule has 2 aromatic rings. The Hall–Kier alpha value is -2.04. The van der Waals surface area contributed by atoms with Crippen LogP contribution in [0.3, 0.4) is 0 Å². The van der Waals surface area contributed by atoms with Crippen molar-refractivity contribution in [1.29, 1.82) is 0 Å². The Morgan fingerprint density at radius 3 is 2.50 bits per heavy atom. The van der Waals surface area contributed by atoms with E-state index in [0.717, 1.165) is 47.8 Å². The average Bonchev–Trinajstić information content (AvgIpc) is 3.15. The van der Waals surface area contributed by atoms with Crippen LogP contribution in [0.2, 0.25) is 0 Å². The molecule has 0 spiro atoms. The van der Waals surface area contributed by atoms with E-state index in [1.807, 2.05) is 30.3 Å². The summed E-state index contributed by atoms with van der Waals surface area (Å²) in [5.74, 6) is 1.43. The number of ether oxygens (including phenoxy) is 2. The van der Waals surface area contributed by atoms with Crippen molar-refractivity contribution in [1.82, 2.24) is 4.90 Å². The number of hydrogen-bond donors (Lipinski definition) is 0. The molecule has 0 aromatic heterocycles. The Kier molecular flexibility index (Phi) is 5.84. The van der Waals surface area contributed by atoms with Crippen molar-refractivity contribution >= 4 is 18.0 Å². The van der Waals surface area contributed by atoms with E-state index in [1.165, 1.54) is 30.5 Å². The molecular formula is C21H23ClFNO2. The van der Waals surface area contributed by atoms with Gasteiger partial charge in [-0.1, -0.05) is 12.1 Å². The quantitative estimate of drug-likeness (QED) is 0.782. The molecule has 0 unspecified atom stereocenters. The van der Waals surface area contributed by atoms with E-state index in [2.05, 4.69) is 4.90 Å². The van der Waals surface area contributed by atoms with E-state index in [-0.39, 0.29) is 18.2 Å². The third-order valence-electron chi connectivity index (χ3n) is 4.96. The van der Waals surface area contributed by atoms with E-state index < -0.39 is 0 Å². The first-order valence-electron chi connectivity index (χ1n) is 8.76. The fourth-order valence-corrected chi connectivity index (χ4v) is 3.70. The van der Waals surface area contributed by atoms with Crippen LogP contribution in [0.1, 0.15) is 24.0 Å². The summed E-state index contributed by atoms with van der Waals surface area (Å²) in [6.45, 7) is 3.72. The Balaban J connectivity index is 0.00000196. The number of nitrogens with zero attached hydrogens (tertiary/aromatic N) is 1. The van der Waals surface area contributed by atoms with Crippen molar-refractivity contribution < 1.29 is 13.9 Å². The highest BCUT2D eigenvalue weighted by molar-refractivity contribution is 5.87. The Morgan fingerprint density at radius 2 is 1.81 bits per heavy atom. The SMILES string of the molecule is COc1ccc2c(c1)C(c1ccc(F)cc1)=C(CN1CCCC1)CO2.Cl. The predicted octanol–water partition coefficient (Wildman–Crippen LogP) is 4.55. The minimum Gasteiger partial charge on any atom is -0.497 e. The lowest BCUT2D eigenvalue weighted by molar-refractivity contribution is 0.308. The first-order chi connectivity index (χ1) is 12.2. The summed E-state index contributed by atoms with van der Waals surface area (Å²) in [5.41, 5.74) is 4.43. The van der Waals surface area contributed by atoms with Crippen LogP contribution in [-0.2, 0) is 0 Å². The first-order valence-corrected chi connectivity index (χ1v) is 8.76. The van der Waals surface area contributed by atoms with Gasteiger partial charge in [0.05, 0.1) is 7.11 Å². The molecule has 0 saturated carbocycles. The lowest BCUT2D eigenvalue weighted by Gasteiger charge is -2.27. The van der Waals surface area contributed by atoms with Crippen molar-refractivity contribution in [2.24, 2.45) is 0 Å². The Morgan fingerprint density at radius 1 is 1.08 bits per heavy atom. The van der Waals surface area contributed by atoms with Crippen LogP contribution < -0.4 is 9.47 Å². The van der Waals surface area contributed by atoms with E-state index in [4.69, 9.17) is 9.47 Å². The van der Waals surface area contributed by atoms with Gasteiger partial charge in [-0.15, -0.1) is 12.4 Å². The molecule has 26 heavy (non-hydrogen) atoms. The molecule has 1 saturated heterocycles. The zero-order valence-corrected chi connectivity index (χ0v) is 15.7. The molecule has 1 fully saturated rings. The molecule has 0 radical (unpaired) electrons. The lowest BCUT2D eigenvalue weighted by atomic mass is 9.90. The third-order valence-corrected chi connectivity index (χ3v) is 4.96. The van der Waals surface area contributed by atoms with Crippen LogP contribution in [0.5, 0.6) is 11.5 Å². The second-order valence-corrected chi connectivity index (χ2v) is 6.62. The normalized spacial score (nSPS) is 16.7. The highest BCUT2D eigenvalue weighted by atomic mass is 35.5. The van der Waals surface area contributed by atoms with Gasteiger partial charge in [0.25, 0.3) is 0 Å². The number of hydrogen-bond acceptors (Lipinski definition) is 3. The lowest BCUT2D eigenvalue weighted by Crippen LogP contribution is -2.26. The molecule has 2 aromatic carbocycles. The molecule has 2 heterocycles. The summed E-state index contributed by atoms with van der Waals surface area (Å²) in [4.78, 5) is 2.47. The smallest absolute Gasteiger partial charge is 0.127 e. The maximum absolute atomic E-state index is 13.4. The second-order valence-electron chi connectivity index (χ2n) is 6.62. The molecule has 3 nitrogen and oxygen atoms in total. The average molecular weight is 376 g/mol. The number of methoxy groups -OCH3 is 1. The van der Waals surface area contributed by atoms with E-state index in [0.29, 0.717) is 6.61 Å². The summed E-state index contributed by atoms with van der Waals surface area (Å²) in [7, 11) is 1.66. The van der Waals surface area contributed by atoms with Gasteiger partial charge < -0.3 is 9.47 Å². The Labute approximate surface area is 159 Å². The molecule has 2 aliphatic heterocycles. The molecule has 0 amide bonds. The Bertz CT molecular complexity index is 798. The van der Waals surface area contributed by atoms with Gasteiger partial charge in [-0.25, -0.2) is 4.39 Å². The maximum atomic E-state index is 13.4. The van der Waals surface area contributed by atoms with Gasteiger partial charge in [-0.3, -0.25) is 4.90 Å². The first kappa shape index (κ1) is 18.7. The zero-order valence-electron chi connectivity index (χ0n) is 14.8. The summed E-state index contributed by atoms with van der Waals surface area (Å²) in [6, 6.07) is 12.6. The molecule has 0 N–H and O–H groups in total. The van der Waals surface area contributed by atoms with Gasteiger partial charge in [-0.2, -0.15) is 0 Å². The molecule has 0 aliphatic carbocycles. The zero-order chi connectivity index (χ0) is 17.2. The standard InChI is InChI=1S/C21H22FNO2.ClH/c1-24-18-8-9-20-19(12-18)21(15-4-6-17(22)7-5-15)16(14-25-20)13-23-10-2-3-11-23;/h4-9,12H,2-3,10-11,13-14H2,1H3;1H. The third kappa shape index (κ3) is 3.71. The van der Waals surface area contributed by atoms with Crippen LogP contribution >= 0.6 is 12.4 Å². The number of halogens is 2. The molecule has 2 aliphatic rings. The molecule has 4 rings (SSSR count). The number of rotatable bonds is 4. The second kappa shape index (κ2) is 8.11. The van der Waals surface area contributed by atoms with E-state index in [1.54, 1.807) is 7.11 Å². The largest absolute Gasteiger partial charge is 0.497 e. The van der Waals surface area contributed by atoms with Crippen LogP contribution in [0.25, 0.3) is 5.57 Å². The molecule has 138 valence electrons. The monoisotopic (exact) mass is 375 g/mol. The van der Waals surface area contributed by atoms with Crippen molar-refractivity contribution in [3.63, 3.8) is 0 Å². The number of benzene rings is 2. The fraction of sp³-hybridized carbons (Fsp3) is 0.333. The van der Waals surface area contributed by atoms with Gasteiger partial charge >= 0.3 is 0 Å². The molecule has 0 bridgehead atoms. The van der Waals surface area contributed by atoms with Gasteiger partial charge in [0.1, 0.15) is 23.9 Å². The van der Waals surface area contributed by atoms with Crippen LogP contribution in [0.15, 0.2) is 48.0 Å². The van der Waals surface area contributed by atoms with E-state index >= 15 is 0 Å². The van der Waals surface area contributed by atoms with Crippen molar-refractivity contribution in [2.45, 2.75) is 12.8 Å². The highest BCUT2D eigenvalue weighted by Crippen LogP contribution is 2.39.